The van der Waals surface area contributed by atoms with Gasteiger partial charge in [0.05, 0.1) is 10.0 Å². The lowest BCUT2D eigenvalue weighted by molar-refractivity contribution is -0.117. The van der Waals surface area contributed by atoms with Crippen molar-refractivity contribution in [3.05, 3.63) is 40.0 Å². The van der Waals surface area contributed by atoms with E-state index in [-0.39, 0.29) is 11.5 Å². The summed E-state index contributed by atoms with van der Waals surface area (Å²) in [6, 6.07) is 6.67. The summed E-state index contributed by atoms with van der Waals surface area (Å²) in [7, 11) is 0. The molecule has 0 aromatic heterocycles. The van der Waals surface area contributed by atoms with Crippen molar-refractivity contribution in [3.8, 4) is 6.07 Å². The molecule has 0 atom stereocenters. The number of rotatable bonds is 5. The van der Waals surface area contributed by atoms with E-state index in [0.29, 0.717) is 22.3 Å². The molecular weight excluding hydrogens is 309 g/mol. The van der Waals surface area contributed by atoms with Gasteiger partial charge in [-0.1, -0.05) is 23.2 Å². The third kappa shape index (κ3) is 4.99. The predicted octanol–water partition coefficient (Wildman–Crippen LogP) is 3.17. The van der Waals surface area contributed by atoms with E-state index >= 15 is 0 Å². The van der Waals surface area contributed by atoms with Gasteiger partial charge in [-0.25, -0.2) is 0 Å². The van der Waals surface area contributed by atoms with Gasteiger partial charge in [0.2, 0.25) is 0 Å². The van der Waals surface area contributed by atoms with Crippen molar-refractivity contribution in [1.29, 1.82) is 5.26 Å². The van der Waals surface area contributed by atoms with Gasteiger partial charge >= 0.3 is 0 Å². The first-order valence-corrected chi connectivity index (χ1v) is 6.53. The minimum atomic E-state index is -0.490. The van der Waals surface area contributed by atoms with E-state index in [1.807, 2.05) is 0 Å². The lowest BCUT2D eigenvalue weighted by atomic mass is 10.3. The third-order valence-corrected chi connectivity index (χ3v) is 2.98. The number of carbonyl (C=O) groups excluding carboxylic acids is 1. The maximum atomic E-state index is 11.5. The fraction of sp³-hybridized carbons (Fsp3) is 0.167. The molecule has 0 heterocycles. The highest BCUT2D eigenvalue weighted by atomic mass is 35.5. The van der Waals surface area contributed by atoms with Gasteiger partial charge in [-0.05, 0) is 18.2 Å². The highest BCUT2D eigenvalue weighted by Crippen LogP contribution is 2.25. The molecule has 1 amide bonds. The molecule has 2 N–H and O–H groups in total. The zero-order valence-corrected chi connectivity index (χ0v) is 12.0. The summed E-state index contributed by atoms with van der Waals surface area (Å²) in [6.45, 7) is 0.298. The van der Waals surface area contributed by atoms with Crippen LogP contribution in [0, 0.1) is 11.3 Å². The number of halogens is 3. The molecular formula is C12H10Cl3N3O. The molecule has 1 rings (SSSR count). The van der Waals surface area contributed by atoms with Crippen LogP contribution in [0.4, 0.5) is 5.69 Å². The molecule has 0 saturated heterocycles. The van der Waals surface area contributed by atoms with E-state index in [9.17, 15) is 4.79 Å². The van der Waals surface area contributed by atoms with Crippen molar-refractivity contribution < 1.29 is 4.79 Å². The van der Waals surface area contributed by atoms with Gasteiger partial charge in [0, 0.05) is 24.3 Å². The molecule has 0 aliphatic carbocycles. The summed E-state index contributed by atoms with van der Waals surface area (Å²) in [5.41, 5.74) is 0.559. The molecule has 0 bridgehead atoms. The molecule has 0 fully saturated rings. The maximum Gasteiger partial charge on any atom is 0.263 e. The Bertz CT molecular complexity index is 538. The second-order valence-corrected chi connectivity index (χ2v) is 4.58. The molecule has 0 unspecified atom stereocenters. The van der Waals surface area contributed by atoms with Crippen LogP contribution in [0.1, 0.15) is 0 Å². The Hall–Kier alpha value is -1.41. The quantitative estimate of drug-likeness (QED) is 0.498. The van der Waals surface area contributed by atoms with Crippen molar-refractivity contribution >= 4 is 46.4 Å². The highest BCUT2D eigenvalue weighted by molar-refractivity contribution is 6.42. The van der Waals surface area contributed by atoms with Gasteiger partial charge < -0.3 is 10.6 Å². The zero-order valence-electron chi connectivity index (χ0n) is 9.71. The minimum absolute atomic E-state index is 0.0591. The van der Waals surface area contributed by atoms with Crippen LogP contribution >= 0.6 is 34.8 Å². The molecule has 0 aliphatic rings. The van der Waals surface area contributed by atoms with Crippen LogP contribution in [0.15, 0.2) is 30.0 Å². The molecule has 0 spiro atoms. The fourth-order valence-corrected chi connectivity index (χ4v) is 1.54. The molecule has 1 aromatic carbocycles. The summed E-state index contributed by atoms with van der Waals surface area (Å²) in [5, 5.41) is 15.0. The maximum absolute atomic E-state index is 11.5. The van der Waals surface area contributed by atoms with Crippen molar-refractivity contribution in [2.45, 2.75) is 0 Å². The number of anilines is 1. The van der Waals surface area contributed by atoms with Gasteiger partial charge in [-0.15, -0.1) is 11.6 Å². The average Bonchev–Trinajstić information content (AvgIpc) is 2.41. The van der Waals surface area contributed by atoms with E-state index in [4.69, 9.17) is 40.1 Å². The standard InChI is InChI=1S/C12H10Cl3N3O/c13-3-4-17-12(19)8(6-16)7-18-9-1-2-10(14)11(15)5-9/h1-2,5,7,18H,3-4H2,(H,17,19)/b8-7-. The monoisotopic (exact) mass is 317 g/mol. The number of carbonyl (C=O) groups is 1. The van der Waals surface area contributed by atoms with E-state index in [0.717, 1.165) is 0 Å². The molecule has 0 saturated carbocycles. The van der Waals surface area contributed by atoms with Gasteiger partial charge in [0.15, 0.2) is 0 Å². The molecule has 19 heavy (non-hydrogen) atoms. The average molecular weight is 319 g/mol. The van der Waals surface area contributed by atoms with Crippen LogP contribution in [-0.4, -0.2) is 18.3 Å². The van der Waals surface area contributed by atoms with Crippen molar-refractivity contribution in [2.75, 3.05) is 17.7 Å². The van der Waals surface area contributed by atoms with Crippen LogP contribution in [0.3, 0.4) is 0 Å². The number of nitriles is 1. The van der Waals surface area contributed by atoms with Crippen LogP contribution in [0.2, 0.25) is 10.0 Å². The van der Waals surface area contributed by atoms with Gasteiger partial charge in [0.25, 0.3) is 5.91 Å². The number of alkyl halides is 1. The van der Waals surface area contributed by atoms with E-state index in [1.54, 1.807) is 24.3 Å². The highest BCUT2D eigenvalue weighted by Gasteiger charge is 2.07. The number of benzene rings is 1. The Morgan fingerprint density at radius 1 is 1.37 bits per heavy atom. The number of hydrogen-bond acceptors (Lipinski definition) is 3. The first-order valence-electron chi connectivity index (χ1n) is 5.24. The van der Waals surface area contributed by atoms with Gasteiger partial charge in [0.1, 0.15) is 11.6 Å². The van der Waals surface area contributed by atoms with E-state index in [1.165, 1.54) is 6.20 Å². The van der Waals surface area contributed by atoms with E-state index in [2.05, 4.69) is 10.6 Å². The summed E-state index contributed by atoms with van der Waals surface area (Å²) in [4.78, 5) is 11.5. The third-order valence-electron chi connectivity index (χ3n) is 2.05. The second kappa shape index (κ2) is 7.90. The molecule has 0 aliphatic heterocycles. The van der Waals surface area contributed by atoms with Crippen molar-refractivity contribution in [1.82, 2.24) is 5.32 Å². The smallest absolute Gasteiger partial charge is 0.263 e. The van der Waals surface area contributed by atoms with Crippen LogP contribution in [0.25, 0.3) is 0 Å². The first kappa shape index (κ1) is 15.6. The van der Waals surface area contributed by atoms with Crippen LogP contribution < -0.4 is 10.6 Å². The molecule has 100 valence electrons. The Morgan fingerprint density at radius 2 is 2.11 bits per heavy atom. The second-order valence-electron chi connectivity index (χ2n) is 3.39. The summed E-state index contributed by atoms with van der Waals surface area (Å²) in [6.07, 6.45) is 1.29. The Morgan fingerprint density at radius 3 is 2.68 bits per heavy atom. The summed E-state index contributed by atoms with van der Waals surface area (Å²) < 4.78 is 0. The summed E-state index contributed by atoms with van der Waals surface area (Å²) in [5.74, 6) is -0.208. The Labute approximate surface area is 125 Å². The number of nitrogens with one attached hydrogen (secondary N) is 2. The largest absolute Gasteiger partial charge is 0.360 e. The van der Waals surface area contributed by atoms with Gasteiger partial charge in [-0.3, -0.25) is 4.79 Å². The Kier molecular flexibility index (Phi) is 6.51. The number of nitrogens with zero attached hydrogens (tertiary/aromatic N) is 1. The molecule has 1 aromatic rings. The van der Waals surface area contributed by atoms with Crippen molar-refractivity contribution in [3.63, 3.8) is 0 Å². The van der Waals surface area contributed by atoms with Gasteiger partial charge in [-0.2, -0.15) is 5.26 Å². The van der Waals surface area contributed by atoms with Crippen LogP contribution in [0.5, 0.6) is 0 Å². The molecule has 4 nitrogen and oxygen atoms in total. The topological polar surface area (TPSA) is 64.9 Å². The van der Waals surface area contributed by atoms with Crippen molar-refractivity contribution in [2.24, 2.45) is 0 Å². The predicted molar refractivity (Wildman–Crippen MR) is 77.5 cm³/mol. The molecule has 0 radical (unpaired) electrons. The zero-order chi connectivity index (χ0) is 14.3. The minimum Gasteiger partial charge on any atom is -0.360 e. The number of hydrogen-bond donors (Lipinski definition) is 2. The lowest BCUT2D eigenvalue weighted by Crippen LogP contribution is -2.26. The first-order chi connectivity index (χ1) is 9.08. The Balaban J connectivity index is 2.74. The van der Waals surface area contributed by atoms with E-state index < -0.39 is 5.91 Å². The molecule has 7 heteroatoms. The normalized spacial score (nSPS) is 10.7. The summed E-state index contributed by atoms with van der Waals surface area (Å²) >= 11 is 17.1. The van der Waals surface area contributed by atoms with Crippen LogP contribution in [-0.2, 0) is 4.79 Å². The SMILES string of the molecule is N#C/C(=C/Nc1ccc(Cl)c(Cl)c1)C(=O)NCCCl. The fourth-order valence-electron chi connectivity index (χ4n) is 1.15. The lowest BCUT2D eigenvalue weighted by Gasteiger charge is -2.04. The number of amides is 1.